The topological polar surface area (TPSA) is 75.2 Å². The summed E-state index contributed by atoms with van der Waals surface area (Å²) in [5, 5.41) is 3.67. The van der Waals surface area contributed by atoms with Crippen LogP contribution in [0.15, 0.2) is 48.7 Å². The van der Waals surface area contributed by atoms with E-state index in [4.69, 9.17) is 0 Å². The first-order chi connectivity index (χ1) is 15.0. The fraction of sp³-hybridized carbons (Fsp3) is 0.304. The second-order valence-electron chi connectivity index (χ2n) is 7.60. The molecule has 6 nitrogen and oxygen atoms in total. The smallest absolute Gasteiger partial charge is 0.265 e. The molecule has 1 saturated heterocycles. The lowest BCUT2D eigenvalue weighted by molar-refractivity contribution is -0.121. The summed E-state index contributed by atoms with van der Waals surface area (Å²) in [4.78, 5) is 36.6. The van der Waals surface area contributed by atoms with Crippen molar-refractivity contribution in [3.05, 3.63) is 75.6 Å². The highest BCUT2D eigenvalue weighted by atomic mass is 32.1. The van der Waals surface area contributed by atoms with E-state index in [0.29, 0.717) is 48.7 Å². The molecule has 3 aromatic rings. The number of carbonyl (C=O) groups is 2. The zero-order valence-electron chi connectivity index (χ0n) is 17.2. The third kappa shape index (κ3) is 5.14. The van der Waals surface area contributed by atoms with Gasteiger partial charge in [0.15, 0.2) is 0 Å². The summed E-state index contributed by atoms with van der Waals surface area (Å²) in [5.74, 6) is 0.0416. The second-order valence-corrected chi connectivity index (χ2v) is 8.68. The molecule has 1 aliphatic rings. The minimum Gasteiger partial charge on any atom is -0.338 e. The summed E-state index contributed by atoms with van der Waals surface area (Å²) >= 11 is 1.39. The van der Waals surface area contributed by atoms with Gasteiger partial charge in [-0.2, -0.15) is 0 Å². The monoisotopic (exact) mass is 438 g/mol. The van der Waals surface area contributed by atoms with E-state index in [-0.39, 0.29) is 23.5 Å². The largest absolute Gasteiger partial charge is 0.338 e. The van der Waals surface area contributed by atoms with Gasteiger partial charge in [0.1, 0.15) is 16.5 Å². The van der Waals surface area contributed by atoms with E-state index in [1.54, 1.807) is 35.4 Å². The van der Waals surface area contributed by atoms with Crippen LogP contribution < -0.4 is 5.32 Å². The fourth-order valence-electron chi connectivity index (χ4n) is 3.66. The van der Waals surface area contributed by atoms with Crippen LogP contribution in [0.2, 0.25) is 0 Å². The Morgan fingerprint density at radius 1 is 1.16 bits per heavy atom. The van der Waals surface area contributed by atoms with Crippen molar-refractivity contribution in [2.45, 2.75) is 26.2 Å². The lowest BCUT2D eigenvalue weighted by Crippen LogP contribution is -2.41. The highest BCUT2D eigenvalue weighted by Gasteiger charge is 2.29. The molecule has 0 atom stereocenters. The summed E-state index contributed by atoms with van der Waals surface area (Å²) in [6.07, 6.45) is 3.43. The molecule has 0 aliphatic carbocycles. The molecule has 2 amide bonds. The number of likely N-dealkylation sites (tertiary alicyclic amines) is 1. The number of hydrogen-bond acceptors (Lipinski definition) is 5. The van der Waals surface area contributed by atoms with Crippen LogP contribution in [0.3, 0.4) is 0 Å². The average Bonchev–Trinajstić information content (AvgIpc) is 3.15. The fourth-order valence-corrected chi connectivity index (χ4v) is 4.72. The zero-order valence-corrected chi connectivity index (χ0v) is 18.0. The van der Waals surface area contributed by atoms with Gasteiger partial charge in [-0.1, -0.05) is 18.2 Å². The second kappa shape index (κ2) is 9.34. The number of halogens is 1. The number of hydrogen-bond donors (Lipinski definition) is 1. The van der Waals surface area contributed by atoms with E-state index in [1.165, 1.54) is 23.5 Å². The molecule has 160 valence electrons. The summed E-state index contributed by atoms with van der Waals surface area (Å²) in [6.45, 7) is 2.90. The number of rotatable bonds is 5. The van der Waals surface area contributed by atoms with Gasteiger partial charge in [0, 0.05) is 31.6 Å². The Morgan fingerprint density at radius 2 is 1.90 bits per heavy atom. The van der Waals surface area contributed by atoms with Crippen molar-refractivity contribution >= 4 is 29.0 Å². The van der Waals surface area contributed by atoms with Crippen LogP contribution in [0, 0.1) is 18.7 Å². The van der Waals surface area contributed by atoms with Crippen LogP contribution in [-0.2, 0) is 11.2 Å². The molecule has 1 aromatic carbocycles. The van der Waals surface area contributed by atoms with Gasteiger partial charge >= 0.3 is 0 Å². The Kier molecular flexibility index (Phi) is 6.36. The Hall–Kier alpha value is -3.13. The Morgan fingerprint density at radius 3 is 2.58 bits per heavy atom. The number of nitrogens with zero attached hydrogens (tertiary/aromatic N) is 3. The summed E-state index contributed by atoms with van der Waals surface area (Å²) in [5.41, 5.74) is 1.66. The molecule has 0 spiro atoms. The minimum atomic E-state index is -0.271. The third-order valence-corrected chi connectivity index (χ3v) is 6.52. The van der Waals surface area contributed by atoms with E-state index in [0.717, 1.165) is 10.6 Å². The third-order valence-electron chi connectivity index (χ3n) is 5.37. The van der Waals surface area contributed by atoms with Crippen LogP contribution in [-0.4, -0.2) is 39.8 Å². The van der Waals surface area contributed by atoms with E-state index < -0.39 is 0 Å². The maximum atomic E-state index is 13.1. The first-order valence-electron chi connectivity index (χ1n) is 10.2. The Labute approximate surface area is 184 Å². The van der Waals surface area contributed by atoms with Gasteiger partial charge in [0.05, 0.1) is 10.7 Å². The highest BCUT2D eigenvalue weighted by molar-refractivity contribution is 7.13. The molecule has 0 saturated carbocycles. The number of pyridine rings is 1. The van der Waals surface area contributed by atoms with Gasteiger partial charge in [-0.3, -0.25) is 9.59 Å². The maximum absolute atomic E-state index is 13.1. The van der Waals surface area contributed by atoms with E-state index >= 15 is 0 Å². The lowest BCUT2D eigenvalue weighted by Gasteiger charge is -2.31. The number of aromatic nitrogens is 2. The number of thiazole rings is 1. The van der Waals surface area contributed by atoms with Crippen molar-refractivity contribution in [3.8, 4) is 0 Å². The number of benzene rings is 1. The summed E-state index contributed by atoms with van der Waals surface area (Å²) < 4.78 is 13.1. The molecule has 0 unspecified atom stereocenters. The number of carbonyl (C=O) groups excluding carboxylic acids is 2. The zero-order chi connectivity index (χ0) is 21.8. The van der Waals surface area contributed by atoms with Gasteiger partial charge in [-0.15, -0.1) is 11.3 Å². The minimum absolute atomic E-state index is 0.0380. The van der Waals surface area contributed by atoms with Gasteiger partial charge < -0.3 is 10.2 Å². The van der Waals surface area contributed by atoms with E-state index in [2.05, 4.69) is 15.3 Å². The SMILES string of the molecule is Cc1nc(Cc2ccc(F)cc2)sc1C(=O)N1CCC(C(=O)Nc2ccccn2)CC1. The molecule has 1 aliphatic heterocycles. The number of anilines is 1. The van der Waals surface area contributed by atoms with Crippen molar-refractivity contribution < 1.29 is 14.0 Å². The Bertz CT molecular complexity index is 1060. The van der Waals surface area contributed by atoms with Gasteiger partial charge in [0.2, 0.25) is 5.91 Å². The highest BCUT2D eigenvalue weighted by Crippen LogP contribution is 2.26. The molecular weight excluding hydrogens is 415 g/mol. The molecular formula is C23H23FN4O2S. The molecule has 1 fully saturated rings. The molecule has 1 N–H and O–H groups in total. The van der Waals surface area contributed by atoms with Gasteiger partial charge in [-0.25, -0.2) is 14.4 Å². The molecule has 4 rings (SSSR count). The number of amides is 2. The lowest BCUT2D eigenvalue weighted by atomic mass is 9.95. The van der Waals surface area contributed by atoms with Crippen LogP contribution in [0.25, 0.3) is 0 Å². The maximum Gasteiger partial charge on any atom is 0.265 e. The Balaban J connectivity index is 1.34. The molecule has 0 bridgehead atoms. The predicted octanol–water partition coefficient (Wildman–Crippen LogP) is 4.07. The molecule has 3 heterocycles. The quantitative estimate of drug-likeness (QED) is 0.652. The normalized spacial score (nSPS) is 14.5. The summed E-state index contributed by atoms with van der Waals surface area (Å²) in [7, 11) is 0. The van der Waals surface area contributed by atoms with E-state index in [1.807, 2.05) is 13.0 Å². The molecule has 8 heteroatoms. The van der Waals surface area contributed by atoms with Crippen LogP contribution >= 0.6 is 11.3 Å². The van der Waals surface area contributed by atoms with Crippen molar-refractivity contribution in [1.82, 2.24) is 14.9 Å². The first kappa shape index (κ1) is 21.1. The number of piperidine rings is 1. The number of aryl methyl sites for hydroxylation is 1. The van der Waals surface area contributed by atoms with Crippen molar-refractivity contribution in [3.63, 3.8) is 0 Å². The summed E-state index contributed by atoms with van der Waals surface area (Å²) in [6, 6.07) is 11.7. The van der Waals surface area contributed by atoms with E-state index in [9.17, 15) is 14.0 Å². The van der Waals surface area contributed by atoms with Crippen LogP contribution in [0.4, 0.5) is 10.2 Å². The molecule has 31 heavy (non-hydrogen) atoms. The standard InChI is InChI=1S/C23H23FN4O2S/c1-15-21(31-20(26-15)14-16-5-7-18(24)8-6-16)23(30)28-12-9-17(10-13-28)22(29)27-19-4-2-3-11-25-19/h2-8,11,17H,9-10,12-14H2,1H3,(H,25,27,29). The molecule has 2 aromatic heterocycles. The van der Waals surface area contributed by atoms with Crippen molar-refractivity contribution in [1.29, 1.82) is 0 Å². The van der Waals surface area contributed by atoms with Gasteiger partial charge in [-0.05, 0) is 49.6 Å². The molecule has 0 radical (unpaired) electrons. The first-order valence-corrected chi connectivity index (χ1v) is 11.0. The van der Waals surface area contributed by atoms with Crippen LogP contribution in [0.1, 0.15) is 38.8 Å². The number of nitrogens with one attached hydrogen (secondary N) is 1. The van der Waals surface area contributed by atoms with Crippen LogP contribution in [0.5, 0.6) is 0 Å². The van der Waals surface area contributed by atoms with Crippen molar-refractivity contribution in [2.75, 3.05) is 18.4 Å². The predicted molar refractivity (Wildman–Crippen MR) is 118 cm³/mol. The van der Waals surface area contributed by atoms with Gasteiger partial charge in [0.25, 0.3) is 5.91 Å². The van der Waals surface area contributed by atoms with Crippen molar-refractivity contribution in [2.24, 2.45) is 5.92 Å². The average molecular weight is 439 g/mol.